The smallest absolute Gasteiger partial charge is 0.250 e. The van der Waals surface area contributed by atoms with Gasteiger partial charge in [0.05, 0.1) is 22.4 Å². The number of carbonyl (C=O) groups excluding carboxylic acids is 1. The highest BCUT2D eigenvalue weighted by Crippen LogP contribution is 2.43. The van der Waals surface area contributed by atoms with Crippen LogP contribution in [0.2, 0.25) is 10.0 Å². The fourth-order valence-electron chi connectivity index (χ4n) is 4.50. The van der Waals surface area contributed by atoms with E-state index in [4.69, 9.17) is 40.2 Å². The number of benzene rings is 2. The minimum absolute atomic E-state index is 0.0630. The van der Waals surface area contributed by atoms with Gasteiger partial charge in [-0.25, -0.2) is 0 Å². The maximum atomic E-state index is 12.0. The molecule has 2 atom stereocenters. The van der Waals surface area contributed by atoms with Crippen molar-refractivity contribution in [3.05, 3.63) is 107 Å². The lowest BCUT2D eigenvalue weighted by Crippen LogP contribution is -2.30. The summed E-state index contributed by atoms with van der Waals surface area (Å²) >= 11 is 18.7. The maximum Gasteiger partial charge on any atom is 0.250 e. The van der Waals surface area contributed by atoms with E-state index in [1.807, 2.05) is 65.7 Å². The van der Waals surface area contributed by atoms with Gasteiger partial charge in [-0.1, -0.05) is 35.3 Å². The average molecular weight is 552 g/mol. The molecular formula is C27H23Cl2N5O2S. The predicted octanol–water partition coefficient (Wildman–Crippen LogP) is 5.94. The zero-order valence-corrected chi connectivity index (χ0v) is 22.1. The van der Waals surface area contributed by atoms with Crippen molar-refractivity contribution in [3.63, 3.8) is 0 Å². The van der Waals surface area contributed by atoms with Gasteiger partial charge in [0.25, 0.3) is 0 Å². The highest BCUT2D eigenvalue weighted by molar-refractivity contribution is 7.80. The molecule has 0 radical (unpaired) electrons. The summed E-state index contributed by atoms with van der Waals surface area (Å²) in [6.45, 7) is -0.0630. The van der Waals surface area contributed by atoms with Gasteiger partial charge in [-0.05, 0) is 72.9 Å². The molecule has 2 aromatic carbocycles. The van der Waals surface area contributed by atoms with Crippen LogP contribution in [0, 0.1) is 0 Å². The number of pyridine rings is 1. The lowest BCUT2D eigenvalue weighted by atomic mass is 10.0. The fraction of sp³-hybridized carbons (Fsp3) is 0.148. The Kier molecular flexibility index (Phi) is 7.43. The third kappa shape index (κ3) is 5.19. The van der Waals surface area contributed by atoms with E-state index in [1.54, 1.807) is 18.3 Å². The van der Waals surface area contributed by atoms with Gasteiger partial charge in [0.15, 0.2) is 5.11 Å². The van der Waals surface area contributed by atoms with Crippen molar-refractivity contribution >= 4 is 57.8 Å². The van der Waals surface area contributed by atoms with Crippen molar-refractivity contribution in [2.45, 2.75) is 12.1 Å². The van der Waals surface area contributed by atoms with Crippen molar-refractivity contribution in [1.82, 2.24) is 14.9 Å². The van der Waals surface area contributed by atoms with E-state index in [1.165, 1.54) is 7.11 Å². The molecule has 2 N–H and O–H groups in total. The van der Waals surface area contributed by atoms with Gasteiger partial charge in [-0.2, -0.15) is 0 Å². The molecule has 37 heavy (non-hydrogen) atoms. The van der Waals surface area contributed by atoms with Crippen LogP contribution in [0.3, 0.4) is 0 Å². The summed E-state index contributed by atoms with van der Waals surface area (Å²) in [7, 11) is 1.46. The first kappa shape index (κ1) is 25.2. The van der Waals surface area contributed by atoms with Crippen LogP contribution in [-0.4, -0.2) is 34.3 Å². The molecular weight excluding hydrogens is 529 g/mol. The number of rotatable bonds is 7. The highest BCUT2D eigenvalue weighted by Gasteiger charge is 2.42. The molecule has 1 aliphatic rings. The monoisotopic (exact) mass is 551 g/mol. The number of halogens is 2. The SMILES string of the molecule is COCC(=O)Nc1ccc(N2C(=S)N[C@@H](c3ccccn3)[C@@H]2c2cccn2-c2cccc(Cl)c2)cc1Cl. The number of nitrogens with zero attached hydrogens (tertiary/aromatic N) is 3. The first-order chi connectivity index (χ1) is 18.0. The van der Waals surface area contributed by atoms with Gasteiger partial charge in [-0.15, -0.1) is 0 Å². The highest BCUT2D eigenvalue weighted by atomic mass is 35.5. The van der Waals surface area contributed by atoms with E-state index < -0.39 is 0 Å². The lowest BCUT2D eigenvalue weighted by molar-refractivity contribution is -0.119. The Morgan fingerprint density at radius 2 is 1.95 bits per heavy atom. The molecule has 0 unspecified atom stereocenters. The summed E-state index contributed by atoms with van der Waals surface area (Å²) in [6.07, 6.45) is 3.77. The van der Waals surface area contributed by atoms with E-state index in [0.717, 1.165) is 22.8 Å². The molecule has 1 amide bonds. The molecule has 3 heterocycles. The van der Waals surface area contributed by atoms with E-state index in [2.05, 4.69) is 26.3 Å². The van der Waals surface area contributed by atoms with Crippen molar-refractivity contribution < 1.29 is 9.53 Å². The second kappa shape index (κ2) is 10.9. The van der Waals surface area contributed by atoms with Gasteiger partial charge >= 0.3 is 0 Å². The topological polar surface area (TPSA) is 71.4 Å². The van der Waals surface area contributed by atoms with Gasteiger partial charge < -0.3 is 24.8 Å². The minimum Gasteiger partial charge on any atom is -0.375 e. The number of anilines is 2. The van der Waals surface area contributed by atoms with Crippen LogP contribution in [0.5, 0.6) is 0 Å². The normalized spacial score (nSPS) is 17.1. The Morgan fingerprint density at radius 1 is 1.08 bits per heavy atom. The van der Waals surface area contributed by atoms with Crippen LogP contribution in [0.15, 0.2) is 85.2 Å². The number of nitrogens with one attached hydrogen (secondary N) is 2. The largest absolute Gasteiger partial charge is 0.375 e. The summed E-state index contributed by atoms with van der Waals surface area (Å²) in [5, 5.41) is 7.78. The lowest BCUT2D eigenvalue weighted by Gasteiger charge is -2.29. The quantitative estimate of drug-likeness (QED) is 0.277. The third-order valence-electron chi connectivity index (χ3n) is 6.05. The summed E-state index contributed by atoms with van der Waals surface area (Å²) in [4.78, 5) is 18.6. The minimum atomic E-state index is -0.289. The first-order valence-electron chi connectivity index (χ1n) is 11.5. The second-order valence-corrected chi connectivity index (χ2v) is 9.66. The van der Waals surface area contributed by atoms with Gasteiger partial charge in [0, 0.05) is 41.6 Å². The molecule has 0 aliphatic carbocycles. The Hall–Kier alpha value is -3.43. The number of aromatic nitrogens is 2. The number of carbonyl (C=O) groups is 1. The maximum absolute atomic E-state index is 12.0. The van der Waals surface area contributed by atoms with Crippen molar-refractivity contribution in [3.8, 4) is 5.69 Å². The average Bonchev–Trinajstić information content (AvgIpc) is 3.50. The summed E-state index contributed by atoms with van der Waals surface area (Å²) in [6, 6.07) is 22.5. The van der Waals surface area contributed by atoms with Crippen LogP contribution >= 0.6 is 35.4 Å². The van der Waals surface area contributed by atoms with Crippen LogP contribution in [0.1, 0.15) is 23.5 Å². The molecule has 10 heteroatoms. The molecule has 0 saturated carbocycles. The van der Waals surface area contributed by atoms with Crippen LogP contribution in [-0.2, 0) is 9.53 Å². The molecule has 188 valence electrons. The number of thiocarbonyl (C=S) groups is 1. The molecule has 4 aromatic rings. The molecule has 5 rings (SSSR count). The van der Waals surface area contributed by atoms with Gasteiger partial charge in [-0.3, -0.25) is 9.78 Å². The summed E-state index contributed by atoms with van der Waals surface area (Å²) < 4.78 is 6.99. The Bertz CT molecular complexity index is 1450. The molecule has 1 aliphatic heterocycles. The molecule has 0 spiro atoms. The fourth-order valence-corrected chi connectivity index (χ4v) is 5.25. The molecule has 1 saturated heterocycles. The first-order valence-corrected chi connectivity index (χ1v) is 12.6. The summed E-state index contributed by atoms with van der Waals surface area (Å²) in [5.41, 5.74) is 4.03. The Balaban J connectivity index is 1.59. The van der Waals surface area contributed by atoms with E-state index in [0.29, 0.717) is 20.8 Å². The van der Waals surface area contributed by atoms with Crippen molar-refractivity contribution in [1.29, 1.82) is 0 Å². The van der Waals surface area contributed by atoms with E-state index >= 15 is 0 Å². The molecule has 0 bridgehead atoms. The van der Waals surface area contributed by atoms with Crippen LogP contribution in [0.25, 0.3) is 5.69 Å². The van der Waals surface area contributed by atoms with Gasteiger partial charge in [0.2, 0.25) is 5.91 Å². The van der Waals surface area contributed by atoms with Crippen molar-refractivity contribution in [2.24, 2.45) is 0 Å². The molecule has 1 fully saturated rings. The van der Waals surface area contributed by atoms with Gasteiger partial charge in [0.1, 0.15) is 12.6 Å². The zero-order valence-electron chi connectivity index (χ0n) is 19.8. The molecule has 7 nitrogen and oxygen atoms in total. The van der Waals surface area contributed by atoms with E-state index in [9.17, 15) is 4.79 Å². The Labute approximate surface area is 230 Å². The van der Waals surface area contributed by atoms with Crippen molar-refractivity contribution in [2.75, 3.05) is 23.9 Å². The van der Waals surface area contributed by atoms with Crippen LogP contribution in [0.4, 0.5) is 11.4 Å². The second-order valence-electron chi connectivity index (χ2n) is 8.42. The number of hydrogen-bond acceptors (Lipinski definition) is 4. The predicted molar refractivity (Wildman–Crippen MR) is 151 cm³/mol. The number of methoxy groups -OCH3 is 1. The molecule has 2 aromatic heterocycles. The summed E-state index contributed by atoms with van der Waals surface area (Å²) in [5.74, 6) is -0.289. The number of hydrogen-bond donors (Lipinski definition) is 2. The number of ether oxygens (including phenoxy) is 1. The zero-order chi connectivity index (χ0) is 25.9. The van der Waals surface area contributed by atoms with Crippen LogP contribution < -0.4 is 15.5 Å². The standard InChI is InChI=1S/C27H23Cl2N5O2S/c1-36-16-24(35)31-21-11-10-19(15-20(21)29)34-26(25(32-27(34)37)22-8-2-3-12-30-22)23-9-5-13-33(23)18-7-4-6-17(28)14-18/h2-15,25-26H,16H2,1H3,(H,31,35)(H,32,37)/t25-,26-/m0/s1. The third-order valence-corrected chi connectivity index (χ3v) is 6.91. The van der Waals surface area contributed by atoms with E-state index in [-0.39, 0.29) is 24.6 Å². The number of amides is 1. The Morgan fingerprint density at radius 3 is 2.68 bits per heavy atom.